The summed E-state index contributed by atoms with van der Waals surface area (Å²) in [6.45, 7) is 4.18. The normalized spacial score (nSPS) is 10.7. The maximum absolute atomic E-state index is 13.1. The zero-order chi connectivity index (χ0) is 13.8. The number of nitrogens with two attached hydrogens (primary N) is 1. The number of halogens is 1. The number of rotatable bonds is 4. The minimum atomic E-state index is 0.249. The predicted octanol–water partition coefficient (Wildman–Crippen LogP) is 5.11. The van der Waals surface area contributed by atoms with Crippen LogP contribution in [0.5, 0.6) is 0 Å². The van der Waals surface area contributed by atoms with Gasteiger partial charge in [-0.05, 0) is 35.7 Å². The third-order valence-electron chi connectivity index (χ3n) is 2.99. The molecule has 0 aliphatic carbocycles. The molecule has 0 aliphatic rings. The van der Waals surface area contributed by atoms with Crippen molar-refractivity contribution in [1.82, 2.24) is 0 Å². The lowest BCUT2D eigenvalue weighted by atomic mass is 10.0. The van der Waals surface area contributed by atoms with E-state index in [1.807, 2.05) is 42.5 Å². The molecule has 0 fully saturated rings. The van der Waals surface area contributed by atoms with Crippen LogP contribution < -0.4 is 11.1 Å². The Kier molecular flexibility index (Phi) is 4.32. The van der Waals surface area contributed by atoms with Gasteiger partial charge in [0, 0.05) is 0 Å². The van der Waals surface area contributed by atoms with Crippen LogP contribution in [0.2, 0.25) is 0 Å². The van der Waals surface area contributed by atoms with Gasteiger partial charge in [0.05, 0.1) is 34.1 Å². The summed E-state index contributed by atoms with van der Waals surface area (Å²) in [5, 5.41) is 3.17. The van der Waals surface area contributed by atoms with Crippen molar-refractivity contribution in [2.75, 3.05) is 11.1 Å². The molecule has 19 heavy (non-hydrogen) atoms. The molecule has 0 spiro atoms. The number of hydrogen-bond acceptors (Lipinski definition) is 3. The Morgan fingerprint density at radius 1 is 1.11 bits per heavy atom. The Hall–Kier alpha value is -1.68. The lowest BCUT2D eigenvalue weighted by Gasteiger charge is -2.14. The third-order valence-corrected chi connectivity index (χ3v) is 3.49. The highest BCUT2D eigenvalue weighted by molar-refractivity contribution is 7.94. The first kappa shape index (κ1) is 13.7. The van der Waals surface area contributed by atoms with Gasteiger partial charge in [-0.3, -0.25) is 0 Å². The van der Waals surface area contributed by atoms with E-state index in [4.69, 9.17) is 5.73 Å². The van der Waals surface area contributed by atoms with Crippen LogP contribution in [-0.4, -0.2) is 0 Å². The molecular weight excluding hydrogens is 259 g/mol. The third kappa shape index (κ3) is 3.20. The highest BCUT2D eigenvalue weighted by Gasteiger charge is 2.08. The molecule has 2 nitrogen and oxygen atoms in total. The Morgan fingerprint density at radius 3 is 2.47 bits per heavy atom. The van der Waals surface area contributed by atoms with E-state index < -0.39 is 0 Å². The topological polar surface area (TPSA) is 38.0 Å². The second kappa shape index (κ2) is 5.97. The molecule has 0 aromatic heterocycles. The van der Waals surface area contributed by atoms with Gasteiger partial charge in [-0.15, -0.1) is 0 Å². The predicted molar refractivity (Wildman–Crippen MR) is 81.6 cm³/mol. The summed E-state index contributed by atoms with van der Waals surface area (Å²) < 4.78 is 13.1. The summed E-state index contributed by atoms with van der Waals surface area (Å²) in [7, 11) is 0. The minimum absolute atomic E-state index is 0.249. The summed E-state index contributed by atoms with van der Waals surface area (Å²) in [5.74, 6) is 0.377. The van der Waals surface area contributed by atoms with E-state index in [-0.39, 0.29) is 12.1 Å². The SMILES string of the molecule is CC(C)c1ccc(Nc2ccccc2N)c(SF)c1. The molecule has 0 saturated carbocycles. The van der Waals surface area contributed by atoms with Gasteiger partial charge in [-0.1, -0.05) is 32.0 Å². The van der Waals surface area contributed by atoms with Crippen molar-refractivity contribution in [3.8, 4) is 0 Å². The fourth-order valence-corrected chi connectivity index (χ4v) is 2.20. The van der Waals surface area contributed by atoms with E-state index in [9.17, 15) is 3.89 Å². The Bertz CT molecular complexity index is 570. The first-order valence-corrected chi connectivity index (χ1v) is 6.87. The fraction of sp³-hybridized carbons (Fsp3) is 0.200. The highest BCUT2D eigenvalue weighted by Crippen LogP contribution is 2.34. The van der Waals surface area contributed by atoms with Crippen molar-refractivity contribution >= 4 is 29.2 Å². The zero-order valence-electron chi connectivity index (χ0n) is 11.0. The van der Waals surface area contributed by atoms with Crippen LogP contribution in [0.3, 0.4) is 0 Å². The summed E-state index contributed by atoms with van der Waals surface area (Å²) in [6.07, 6.45) is 0. The first-order chi connectivity index (χ1) is 9.11. The van der Waals surface area contributed by atoms with Gasteiger partial charge in [0.15, 0.2) is 0 Å². The molecule has 0 atom stereocenters. The summed E-state index contributed by atoms with van der Waals surface area (Å²) >= 11 is 0.249. The summed E-state index contributed by atoms with van der Waals surface area (Å²) in [4.78, 5) is 0.578. The second-order valence-electron chi connectivity index (χ2n) is 4.70. The van der Waals surface area contributed by atoms with Gasteiger partial charge in [0.2, 0.25) is 0 Å². The van der Waals surface area contributed by atoms with Gasteiger partial charge in [-0.2, -0.15) is 3.89 Å². The van der Waals surface area contributed by atoms with Crippen LogP contribution in [0.4, 0.5) is 20.9 Å². The number of para-hydroxylation sites is 2. The van der Waals surface area contributed by atoms with Gasteiger partial charge >= 0.3 is 0 Å². The molecule has 0 unspecified atom stereocenters. The molecule has 4 heteroatoms. The smallest absolute Gasteiger partial charge is 0.0834 e. The molecule has 3 N–H and O–H groups in total. The first-order valence-electron chi connectivity index (χ1n) is 6.16. The highest BCUT2D eigenvalue weighted by atomic mass is 32.2. The fourth-order valence-electron chi connectivity index (χ4n) is 1.82. The molecule has 0 aliphatic heterocycles. The summed E-state index contributed by atoms with van der Waals surface area (Å²) in [5.41, 5.74) is 9.15. The minimum Gasteiger partial charge on any atom is -0.397 e. The van der Waals surface area contributed by atoms with E-state index in [1.165, 1.54) is 0 Å². The average Bonchev–Trinajstić information content (AvgIpc) is 2.41. The maximum Gasteiger partial charge on any atom is 0.0834 e. The standard InChI is InChI=1S/C15H17FN2S/c1-10(2)11-7-8-14(15(9-11)19-16)18-13-6-4-3-5-12(13)17/h3-10,18H,17H2,1-2H3. The van der Waals surface area contributed by atoms with E-state index in [0.717, 1.165) is 16.9 Å². The number of nitrogens with one attached hydrogen (secondary N) is 1. The maximum atomic E-state index is 13.1. The molecular formula is C15H17FN2S. The van der Waals surface area contributed by atoms with E-state index in [2.05, 4.69) is 19.2 Å². The van der Waals surface area contributed by atoms with E-state index in [0.29, 0.717) is 16.5 Å². The average molecular weight is 276 g/mol. The van der Waals surface area contributed by atoms with Crippen molar-refractivity contribution < 1.29 is 3.89 Å². The van der Waals surface area contributed by atoms with Crippen molar-refractivity contribution in [3.05, 3.63) is 48.0 Å². The number of anilines is 3. The van der Waals surface area contributed by atoms with Crippen LogP contribution in [0.1, 0.15) is 25.3 Å². The van der Waals surface area contributed by atoms with Crippen LogP contribution in [-0.2, 0) is 0 Å². The molecule has 0 saturated heterocycles. The van der Waals surface area contributed by atoms with Crippen LogP contribution in [0.25, 0.3) is 0 Å². The molecule has 0 amide bonds. The van der Waals surface area contributed by atoms with Crippen molar-refractivity contribution in [3.63, 3.8) is 0 Å². The second-order valence-corrected chi connectivity index (χ2v) is 5.29. The summed E-state index contributed by atoms with van der Waals surface area (Å²) in [6, 6.07) is 13.2. The quantitative estimate of drug-likeness (QED) is 0.762. The molecule has 0 radical (unpaired) electrons. The zero-order valence-corrected chi connectivity index (χ0v) is 11.8. The largest absolute Gasteiger partial charge is 0.397 e. The van der Waals surface area contributed by atoms with Gasteiger partial charge < -0.3 is 11.1 Å². The molecule has 2 aromatic rings. The molecule has 0 heterocycles. The Labute approximate surface area is 117 Å². The lowest BCUT2D eigenvalue weighted by Crippen LogP contribution is -1.98. The van der Waals surface area contributed by atoms with Crippen LogP contribution in [0.15, 0.2) is 47.4 Å². The Balaban J connectivity index is 2.33. The van der Waals surface area contributed by atoms with E-state index >= 15 is 0 Å². The van der Waals surface area contributed by atoms with Crippen molar-refractivity contribution in [2.45, 2.75) is 24.7 Å². The van der Waals surface area contributed by atoms with Crippen LogP contribution in [0, 0.1) is 0 Å². The number of benzene rings is 2. The van der Waals surface area contributed by atoms with E-state index in [1.54, 1.807) is 0 Å². The van der Waals surface area contributed by atoms with Crippen molar-refractivity contribution in [2.24, 2.45) is 0 Å². The molecule has 2 aromatic carbocycles. The van der Waals surface area contributed by atoms with Gasteiger partial charge in [0.1, 0.15) is 0 Å². The van der Waals surface area contributed by atoms with Gasteiger partial charge in [0.25, 0.3) is 0 Å². The number of hydrogen-bond donors (Lipinski definition) is 2. The number of nitrogen functional groups attached to an aromatic ring is 1. The molecule has 0 bridgehead atoms. The van der Waals surface area contributed by atoms with Crippen molar-refractivity contribution in [1.29, 1.82) is 0 Å². The van der Waals surface area contributed by atoms with Gasteiger partial charge in [-0.25, -0.2) is 0 Å². The molecule has 2 rings (SSSR count). The lowest BCUT2D eigenvalue weighted by molar-refractivity contribution is 0.860. The van der Waals surface area contributed by atoms with Crippen LogP contribution >= 0.6 is 12.1 Å². The Morgan fingerprint density at radius 2 is 1.84 bits per heavy atom. The molecule has 100 valence electrons. The monoisotopic (exact) mass is 276 g/mol.